The zero-order valence-electron chi connectivity index (χ0n) is 15.8. The molecule has 3 rings (SSSR count). The van der Waals surface area contributed by atoms with Crippen molar-refractivity contribution in [3.63, 3.8) is 0 Å². The van der Waals surface area contributed by atoms with Gasteiger partial charge in [0.15, 0.2) is 0 Å². The summed E-state index contributed by atoms with van der Waals surface area (Å²) in [5, 5.41) is 2.27. The molecule has 2 heterocycles. The minimum absolute atomic E-state index is 0. The number of nitrogens with one attached hydrogen (secondary N) is 1. The van der Waals surface area contributed by atoms with Crippen LogP contribution >= 0.6 is 11.8 Å². The average Bonchev–Trinajstić information content (AvgIpc) is 2.94. The molecule has 132 valence electrons. The first kappa shape index (κ1) is 21.4. The van der Waals surface area contributed by atoms with Gasteiger partial charge in [0.1, 0.15) is 24.2 Å². The van der Waals surface area contributed by atoms with Crippen LogP contribution in [0.2, 0.25) is 0 Å². The number of nitrogens with zero attached hydrogens (tertiary/aromatic N) is 2. The van der Waals surface area contributed by atoms with E-state index in [1.54, 1.807) is 6.20 Å². The molecular formula is C18H20KN3O3S. The van der Waals surface area contributed by atoms with Crippen LogP contribution in [0.3, 0.4) is 0 Å². The molecule has 1 unspecified atom stereocenters. The summed E-state index contributed by atoms with van der Waals surface area (Å²) in [7, 11) is 1.97. The van der Waals surface area contributed by atoms with E-state index in [4.69, 9.17) is 4.74 Å². The van der Waals surface area contributed by atoms with Crippen molar-refractivity contribution in [2.24, 2.45) is 0 Å². The van der Waals surface area contributed by atoms with E-state index in [0.29, 0.717) is 13.0 Å². The van der Waals surface area contributed by atoms with Crippen LogP contribution in [0, 0.1) is 0 Å². The third kappa shape index (κ3) is 6.07. The van der Waals surface area contributed by atoms with Gasteiger partial charge in [0.2, 0.25) is 5.12 Å². The van der Waals surface area contributed by atoms with E-state index in [1.165, 1.54) is 0 Å². The fraction of sp³-hybridized carbons (Fsp3) is 0.278. The van der Waals surface area contributed by atoms with Gasteiger partial charge in [-0.25, -0.2) is 4.98 Å². The predicted molar refractivity (Wildman–Crippen MR) is 99.2 cm³/mol. The molecule has 1 amide bonds. The van der Waals surface area contributed by atoms with Crippen molar-refractivity contribution in [2.45, 2.75) is 12.5 Å². The number of hydrogen-bond acceptors (Lipinski definition) is 6. The first-order valence-corrected chi connectivity index (χ1v) is 8.79. The van der Waals surface area contributed by atoms with Gasteiger partial charge in [-0.15, -0.1) is 0 Å². The number of thioether (sulfide) groups is 1. The molecule has 0 spiro atoms. The van der Waals surface area contributed by atoms with Crippen molar-refractivity contribution in [1.82, 2.24) is 10.3 Å². The van der Waals surface area contributed by atoms with E-state index in [9.17, 15) is 9.59 Å². The Hall–Kier alpha value is -0.904. The van der Waals surface area contributed by atoms with E-state index in [2.05, 4.69) is 10.3 Å². The zero-order chi connectivity index (χ0) is 17.6. The van der Waals surface area contributed by atoms with Crippen LogP contribution in [0.1, 0.15) is 6.99 Å². The topological polar surface area (TPSA) is 71.5 Å². The summed E-state index contributed by atoms with van der Waals surface area (Å²) in [5.41, 5.74) is 0.985. The summed E-state index contributed by atoms with van der Waals surface area (Å²) < 4.78 is 5.75. The molecule has 1 N–H and O–H groups in total. The number of aromatic nitrogens is 1. The van der Waals surface area contributed by atoms with Crippen LogP contribution in [0.15, 0.2) is 48.7 Å². The average molecular weight is 398 g/mol. The SMILES string of the molecule is CN(CCOc1ccc(CC2NC(=O)SC2=O)cc1)c1ccccn1.[H-].[K+]. The minimum atomic E-state index is -0.434. The number of carbonyl (C=O) groups is 2. The van der Waals surface area contributed by atoms with Gasteiger partial charge < -0.3 is 16.4 Å². The van der Waals surface area contributed by atoms with E-state index in [1.807, 2.05) is 54.4 Å². The van der Waals surface area contributed by atoms with Gasteiger partial charge in [0, 0.05) is 31.4 Å². The molecule has 0 aliphatic carbocycles. The molecule has 1 aliphatic heterocycles. The molecular weight excluding hydrogens is 377 g/mol. The van der Waals surface area contributed by atoms with Crippen molar-refractivity contribution in [3.8, 4) is 5.75 Å². The molecule has 1 aromatic heterocycles. The smallest absolute Gasteiger partial charge is 1.00 e. The minimum Gasteiger partial charge on any atom is -1.00 e. The molecule has 0 bridgehead atoms. The molecule has 26 heavy (non-hydrogen) atoms. The molecule has 0 saturated carbocycles. The number of anilines is 1. The van der Waals surface area contributed by atoms with Gasteiger partial charge in [-0.3, -0.25) is 9.59 Å². The number of carbonyl (C=O) groups excluding carboxylic acids is 2. The Morgan fingerprint density at radius 2 is 2.00 bits per heavy atom. The Kier molecular flexibility index (Phi) is 8.59. The number of benzene rings is 1. The Balaban J connectivity index is 0.00000182. The van der Waals surface area contributed by atoms with E-state index < -0.39 is 6.04 Å². The molecule has 2 aromatic rings. The Bertz CT molecular complexity index is 749. The maximum atomic E-state index is 11.6. The monoisotopic (exact) mass is 397 g/mol. The summed E-state index contributed by atoms with van der Waals surface area (Å²) in [6.45, 7) is 1.26. The van der Waals surface area contributed by atoms with E-state index in [-0.39, 0.29) is 63.2 Å². The Morgan fingerprint density at radius 1 is 1.23 bits per heavy atom. The van der Waals surface area contributed by atoms with E-state index in [0.717, 1.165) is 35.4 Å². The summed E-state index contributed by atoms with van der Waals surface area (Å²) >= 11 is 0.739. The van der Waals surface area contributed by atoms with Crippen LogP contribution in [0.25, 0.3) is 0 Å². The third-order valence-electron chi connectivity index (χ3n) is 3.87. The van der Waals surface area contributed by atoms with Gasteiger partial charge in [-0.2, -0.15) is 0 Å². The molecule has 1 atom stereocenters. The number of amides is 1. The fourth-order valence-electron chi connectivity index (χ4n) is 2.48. The number of ether oxygens (including phenoxy) is 1. The van der Waals surface area contributed by atoms with Crippen LogP contribution in [-0.2, 0) is 11.2 Å². The first-order chi connectivity index (χ1) is 12.1. The molecule has 1 aliphatic rings. The second-order valence-corrected chi connectivity index (χ2v) is 6.69. The second kappa shape index (κ2) is 10.4. The van der Waals surface area contributed by atoms with Crippen LogP contribution in [0.5, 0.6) is 5.75 Å². The summed E-state index contributed by atoms with van der Waals surface area (Å²) in [6.07, 6.45) is 2.27. The van der Waals surface area contributed by atoms with Gasteiger partial charge in [0.05, 0.1) is 6.54 Å². The largest absolute Gasteiger partial charge is 1.00 e. The van der Waals surface area contributed by atoms with E-state index >= 15 is 0 Å². The summed E-state index contributed by atoms with van der Waals surface area (Å²) in [6, 6.07) is 13.0. The number of hydrogen-bond donors (Lipinski definition) is 1. The molecule has 1 fully saturated rings. The molecule has 0 radical (unpaired) electrons. The normalized spacial score (nSPS) is 16.0. The standard InChI is InChI=1S/C18H19N3O3S.K.H/c1-21(16-4-2-3-9-19-16)10-11-24-14-7-5-13(6-8-14)12-15-17(22)25-18(23)20-15;;/h2-9,15H,10-12H2,1H3,(H,20,23);;/q;+1;-1. The Labute approximate surface area is 201 Å². The van der Waals surface area contributed by atoms with Crippen molar-refractivity contribution < 1.29 is 67.1 Å². The van der Waals surface area contributed by atoms with Crippen LogP contribution in [-0.4, -0.2) is 41.6 Å². The van der Waals surface area contributed by atoms with Crippen molar-refractivity contribution in [3.05, 3.63) is 54.2 Å². The maximum Gasteiger partial charge on any atom is 1.00 e. The quantitative estimate of drug-likeness (QED) is 0.642. The van der Waals surface area contributed by atoms with Gasteiger partial charge >= 0.3 is 51.4 Å². The van der Waals surface area contributed by atoms with Gasteiger partial charge in [-0.05, 0) is 29.8 Å². The number of likely N-dealkylation sites (N-methyl/N-ethyl adjacent to an activating group) is 1. The molecule has 1 saturated heterocycles. The molecule has 6 nitrogen and oxygen atoms in total. The first-order valence-electron chi connectivity index (χ1n) is 7.98. The van der Waals surface area contributed by atoms with Crippen LogP contribution < -0.4 is 66.3 Å². The summed E-state index contributed by atoms with van der Waals surface area (Å²) in [5.74, 6) is 1.68. The fourth-order valence-corrected chi connectivity index (χ4v) is 3.15. The number of rotatable bonds is 7. The van der Waals surface area contributed by atoms with Gasteiger partial charge in [0.25, 0.3) is 5.24 Å². The van der Waals surface area contributed by atoms with Crippen molar-refractivity contribution in [1.29, 1.82) is 0 Å². The Morgan fingerprint density at radius 3 is 2.62 bits per heavy atom. The van der Waals surface area contributed by atoms with Crippen molar-refractivity contribution >= 4 is 27.9 Å². The van der Waals surface area contributed by atoms with Crippen molar-refractivity contribution in [2.75, 3.05) is 25.1 Å². The molecule has 8 heteroatoms. The second-order valence-electron chi connectivity index (χ2n) is 5.71. The van der Waals surface area contributed by atoms with Crippen LogP contribution in [0.4, 0.5) is 10.6 Å². The third-order valence-corrected chi connectivity index (χ3v) is 4.66. The van der Waals surface area contributed by atoms with Gasteiger partial charge in [-0.1, -0.05) is 18.2 Å². The summed E-state index contributed by atoms with van der Waals surface area (Å²) in [4.78, 5) is 29.1. The molecule has 1 aromatic carbocycles. The zero-order valence-corrected chi connectivity index (χ0v) is 18.8. The number of pyridine rings is 1. The maximum absolute atomic E-state index is 11.6. The predicted octanol–water partition coefficient (Wildman–Crippen LogP) is -0.393.